The first-order chi connectivity index (χ1) is 11.0. The number of carbonyl (C=O) groups is 1. The van der Waals surface area contributed by atoms with E-state index in [4.69, 9.17) is 0 Å². The van der Waals surface area contributed by atoms with Gasteiger partial charge in [0.25, 0.3) is 5.91 Å². The van der Waals surface area contributed by atoms with Crippen LogP contribution in [0.1, 0.15) is 16.1 Å². The van der Waals surface area contributed by atoms with Crippen LogP contribution < -0.4 is 5.32 Å². The number of rotatable bonds is 4. The number of nitrogens with one attached hydrogen (secondary N) is 1. The maximum absolute atomic E-state index is 13.2. The fourth-order valence-electron chi connectivity index (χ4n) is 2.13. The Morgan fingerprint density at radius 2 is 2.17 bits per heavy atom. The van der Waals surface area contributed by atoms with Crippen LogP contribution in [0, 0.1) is 9.39 Å². The Kier molecular flexibility index (Phi) is 4.42. The number of hydrogen-bond donors (Lipinski definition) is 1. The quantitative estimate of drug-likeness (QED) is 0.654. The molecule has 3 rings (SSSR count). The van der Waals surface area contributed by atoms with Crippen molar-refractivity contribution in [3.63, 3.8) is 0 Å². The molecule has 0 fully saturated rings. The highest BCUT2D eigenvalue weighted by Gasteiger charge is 2.15. The Hall–Kier alpha value is -2.23. The summed E-state index contributed by atoms with van der Waals surface area (Å²) in [5.74, 6) is -0.174. The topological polar surface area (TPSA) is 64.7 Å². The molecule has 2 aromatic heterocycles. The minimum Gasteiger partial charge on any atom is -0.304 e. The fourth-order valence-corrected chi connectivity index (χ4v) is 2.88. The average molecular weight is 425 g/mol. The monoisotopic (exact) mass is 425 g/mol. The van der Waals surface area contributed by atoms with Crippen LogP contribution in [0.3, 0.4) is 0 Å². The van der Waals surface area contributed by atoms with Crippen LogP contribution in [-0.2, 0) is 13.6 Å². The van der Waals surface area contributed by atoms with Gasteiger partial charge in [-0.3, -0.25) is 14.2 Å². The fraction of sp³-hybridized carbons (Fsp3) is 0.133. The summed E-state index contributed by atoms with van der Waals surface area (Å²) in [6.07, 6.45) is 3.49. The van der Waals surface area contributed by atoms with Crippen LogP contribution in [0.4, 0.5) is 10.2 Å². The molecule has 0 spiro atoms. The Bertz CT molecular complexity index is 857. The SMILES string of the molecule is Cn1cc(I)c(C(=O)Nc2ccn(Cc3cccc(F)c3)n2)n1. The highest BCUT2D eigenvalue weighted by atomic mass is 127. The lowest BCUT2D eigenvalue weighted by Crippen LogP contribution is -2.15. The van der Waals surface area contributed by atoms with Gasteiger partial charge in [-0.25, -0.2) is 4.39 Å². The molecule has 0 saturated carbocycles. The Labute approximate surface area is 145 Å². The van der Waals surface area contributed by atoms with Crippen LogP contribution in [0.2, 0.25) is 0 Å². The lowest BCUT2D eigenvalue weighted by Gasteiger charge is -2.02. The molecule has 0 aliphatic heterocycles. The van der Waals surface area contributed by atoms with Gasteiger partial charge in [-0.15, -0.1) is 0 Å². The summed E-state index contributed by atoms with van der Waals surface area (Å²) in [6, 6.07) is 8.01. The highest BCUT2D eigenvalue weighted by molar-refractivity contribution is 14.1. The number of aromatic nitrogens is 4. The molecule has 1 aromatic carbocycles. The predicted molar refractivity (Wildman–Crippen MR) is 91.6 cm³/mol. The molecule has 1 N–H and O–H groups in total. The van der Waals surface area contributed by atoms with Crippen molar-refractivity contribution >= 4 is 34.3 Å². The van der Waals surface area contributed by atoms with Gasteiger partial charge in [-0.05, 0) is 40.3 Å². The van der Waals surface area contributed by atoms with Crippen LogP contribution in [0.25, 0.3) is 0 Å². The number of benzene rings is 1. The minimum atomic E-state index is -0.314. The van der Waals surface area contributed by atoms with Gasteiger partial charge in [-0.2, -0.15) is 10.2 Å². The lowest BCUT2D eigenvalue weighted by molar-refractivity contribution is 0.102. The Balaban J connectivity index is 1.70. The zero-order valence-electron chi connectivity index (χ0n) is 12.2. The van der Waals surface area contributed by atoms with Gasteiger partial charge in [0.2, 0.25) is 0 Å². The second-order valence-corrected chi connectivity index (χ2v) is 6.14. The van der Waals surface area contributed by atoms with Gasteiger partial charge in [-0.1, -0.05) is 12.1 Å². The third-order valence-corrected chi connectivity index (χ3v) is 3.90. The number of halogens is 2. The highest BCUT2D eigenvalue weighted by Crippen LogP contribution is 2.13. The van der Waals surface area contributed by atoms with E-state index in [1.165, 1.54) is 12.1 Å². The smallest absolute Gasteiger partial charge is 0.278 e. The molecule has 0 bridgehead atoms. The number of carbonyl (C=O) groups excluding carboxylic acids is 1. The van der Waals surface area contributed by atoms with Crippen LogP contribution in [0.15, 0.2) is 42.7 Å². The summed E-state index contributed by atoms with van der Waals surface area (Å²) >= 11 is 2.06. The Morgan fingerprint density at radius 3 is 2.87 bits per heavy atom. The van der Waals surface area contributed by atoms with E-state index in [0.29, 0.717) is 18.1 Å². The number of anilines is 1. The first-order valence-electron chi connectivity index (χ1n) is 6.79. The molecular formula is C15H13FIN5O. The molecule has 3 aromatic rings. The van der Waals surface area contributed by atoms with Crippen molar-refractivity contribution in [1.82, 2.24) is 19.6 Å². The number of nitrogens with zero attached hydrogens (tertiary/aromatic N) is 4. The van der Waals surface area contributed by atoms with Crippen molar-refractivity contribution in [2.24, 2.45) is 7.05 Å². The van der Waals surface area contributed by atoms with Crippen molar-refractivity contribution in [1.29, 1.82) is 0 Å². The van der Waals surface area contributed by atoms with Gasteiger partial charge in [0.1, 0.15) is 5.82 Å². The molecule has 23 heavy (non-hydrogen) atoms. The molecule has 6 nitrogen and oxygen atoms in total. The van der Waals surface area contributed by atoms with E-state index >= 15 is 0 Å². The summed E-state index contributed by atoms with van der Waals surface area (Å²) < 4.78 is 17.2. The van der Waals surface area contributed by atoms with Crippen LogP contribution in [0.5, 0.6) is 0 Å². The van der Waals surface area contributed by atoms with Gasteiger partial charge >= 0.3 is 0 Å². The van der Waals surface area contributed by atoms with Crippen LogP contribution in [-0.4, -0.2) is 25.5 Å². The standard InChI is InChI=1S/C15H13FIN5O/c1-21-9-12(17)14(20-21)15(23)18-13-5-6-22(19-13)8-10-3-2-4-11(16)7-10/h2-7,9H,8H2,1H3,(H,18,19,23). The minimum absolute atomic E-state index is 0.284. The summed E-state index contributed by atoms with van der Waals surface area (Å²) in [4.78, 5) is 12.2. The third kappa shape index (κ3) is 3.76. The van der Waals surface area contributed by atoms with Crippen LogP contribution >= 0.6 is 22.6 Å². The zero-order chi connectivity index (χ0) is 16.4. The summed E-state index contributed by atoms with van der Waals surface area (Å²) in [6.45, 7) is 0.425. The number of hydrogen-bond acceptors (Lipinski definition) is 3. The van der Waals surface area contributed by atoms with E-state index in [2.05, 4.69) is 38.1 Å². The first-order valence-corrected chi connectivity index (χ1v) is 7.87. The average Bonchev–Trinajstić information content (AvgIpc) is 3.05. The molecule has 0 aliphatic carbocycles. The van der Waals surface area contributed by atoms with Crippen molar-refractivity contribution < 1.29 is 9.18 Å². The van der Waals surface area contributed by atoms with Crippen molar-refractivity contribution in [2.45, 2.75) is 6.54 Å². The summed E-state index contributed by atoms with van der Waals surface area (Å²) in [7, 11) is 1.76. The first kappa shape index (κ1) is 15.7. The third-order valence-electron chi connectivity index (χ3n) is 3.12. The lowest BCUT2D eigenvalue weighted by atomic mass is 10.2. The van der Waals surface area contributed by atoms with Crippen molar-refractivity contribution in [3.05, 3.63) is 63.4 Å². The second kappa shape index (κ2) is 6.49. The van der Waals surface area contributed by atoms with E-state index in [0.717, 1.165) is 9.13 Å². The molecule has 8 heteroatoms. The molecule has 0 unspecified atom stereocenters. The van der Waals surface area contributed by atoms with Gasteiger partial charge in [0, 0.05) is 25.5 Å². The van der Waals surface area contributed by atoms with Gasteiger partial charge < -0.3 is 5.32 Å². The second-order valence-electron chi connectivity index (χ2n) is 4.98. The van der Waals surface area contributed by atoms with Crippen molar-refractivity contribution in [3.8, 4) is 0 Å². The van der Waals surface area contributed by atoms with Gasteiger partial charge in [0.05, 0.1) is 10.1 Å². The normalized spacial score (nSPS) is 10.7. The number of amides is 1. The summed E-state index contributed by atoms with van der Waals surface area (Å²) in [5.41, 5.74) is 1.15. The summed E-state index contributed by atoms with van der Waals surface area (Å²) in [5, 5.41) is 11.1. The van der Waals surface area contributed by atoms with Gasteiger partial charge in [0.15, 0.2) is 11.5 Å². The van der Waals surface area contributed by atoms with E-state index in [1.807, 2.05) is 6.07 Å². The molecule has 0 atom stereocenters. The molecule has 0 saturated heterocycles. The van der Waals surface area contributed by atoms with Crippen molar-refractivity contribution in [2.75, 3.05) is 5.32 Å². The van der Waals surface area contributed by atoms with E-state index < -0.39 is 0 Å². The zero-order valence-corrected chi connectivity index (χ0v) is 14.4. The molecule has 118 valence electrons. The number of aryl methyl sites for hydroxylation is 1. The predicted octanol–water partition coefficient (Wildman–Crippen LogP) is 2.66. The Morgan fingerprint density at radius 1 is 1.35 bits per heavy atom. The molecular weight excluding hydrogens is 412 g/mol. The van der Waals surface area contributed by atoms with E-state index in [9.17, 15) is 9.18 Å². The molecule has 2 heterocycles. The maximum Gasteiger partial charge on any atom is 0.278 e. The maximum atomic E-state index is 13.2. The molecule has 1 amide bonds. The van der Waals surface area contributed by atoms with E-state index in [-0.39, 0.29) is 11.7 Å². The largest absolute Gasteiger partial charge is 0.304 e. The molecule has 0 aliphatic rings. The molecule has 0 radical (unpaired) electrons. The van der Waals surface area contributed by atoms with E-state index in [1.54, 1.807) is 40.9 Å².